The molecule has 0 spiro atoms. The fourth-order valence-corrected chi connectivity index (χ4v) is 4.28. The highest BCUT2D eigenvalue weighted by atomic mass is 16.5. The molecular weight excluding hydrogens is 400 g/mol. The van der Waals surface area contributed by atoms with Gasteiger partial charge in [0.15, 0.2) is 0 Å². The van der Waals surface area contributed by atoms with Crippen LogP contribution in [0.4, 0.5) is 0 Å². The average Bonchev–Trinajstić information content (AvgIpc) is 2.85. The molecule has 0 radical (unpaired) electrons. The van der Waals surface area contributed by atoms with Crippen molar-refractivity contribution in [2.75, 3.05) is 20.2 Å². The molecule has 1 aliphatic rings. The van der Waals surface area contributed by atoms with Crippen LogP contribution in [0.2, 0.25) is 0 Å². The Labute approximate surface area is 189 Å². The second-order valence-electron chi connectivity index (χ2n) is 8.06. The van der Waals surface area contributed by atoms with Gasteiger partial charge in [0, 0.05) is 6.54 Å². The number of hydrogen-bond donors (Lipinski definition) is 0. The molecule has 0 aliphatic carbocycles. The Morgan fingerprint density at radius 1 is 0.906 bits per heavy atom. The predicted octanol–water partition coefficient (Wildman–Crippen LogP) is 4.41. The first kappa shape index (κ1) is 21.6. The monoisotopic (exact) mass is 428 g/mol. The van der Waals surface area contributed by atoms with Crippen molar-refractivity contribution in [3.63, 3.8) is 0 Å². The number of amides is 2. The highest BCUT2D eigenvalue weighted by Gasteiger charge is 2.42. The van der Waals surface area contributed by atoms with E-state index < -0.39 is 6.04 Å². The Balaban J connectivity index is 1.65. The Morgan fingerprint density at radius 3 is 2.16 bits per heavy atom. The molecule has 5 heteroatoms. The second-order valence-corrected chi connectivity index (χ2v) is 8.06. The lowest BCUT2D eigenvalue weighted by Gasteiger charge is -2.43. The second kappa shape index (κ2) is 9.69. The minimum Gasteiger partial charge on any atom is -0.497 e. The maximum atomic E-state index is 13.7. The van der Waals surface area contributed by atoms with Crippen molar-refractivity contribution in [3.8, 4) is 5.75 Å². The summed E-state index contributed by atoms with van der Waals surface area (Å²) < 4.78 is 5.28. The molecule has 3 aromatic carbocycles. The van der Waals surface area contributed by atoms with Crippen molar-refractivity contribution in [2.45, 2.75) is 25.4 Å². The lowest BCUT2D eigenvalue weighted by Crippen LogP contribution is -2.56. The zero-order chi connectivity index (χ0) is 22.5. The fraction of sp³-hybridized carbons (Fsp3) is 0.259. The Morgan fingerprint density at radius 2 is 1.53 bits per heavy atom. The first-order chi connectivity index (χ1) is 15.6. The Bertz CT molecular complexity index is 1050. The van der Waals surface area contributed by atoms with Crippen molar-refractivity contribution in [1.82, 2.24) is 9.80 Å². The van der Waals surface area contributed by atoms with Crippen LogP contribution in [0.1, 0.15) is 35.7 Å². The molecule has 2 unspecified atom stereocenters. The summed E-state index contributed by atoms with van der Waals surface area (Å²) in [5, 5.41) is 0. The third-order valence-electron chi connectivity index (χ3n) is 6.08. The van der Waals surface area contributed by atoms with Gasteiger partial charge in [-0.15, -0.1) is 0 Å². The molecule has 1 saturated heterocycles. The number of carbonyl (C=O) groups excluding carboxylic acids is 2. The van der Waals surface area contributed by atoms with E-state index >= 15 is 0 Å². The van der Waals surface area contributed by atoms with Gasteiger partial charge < -0.3 is 14.5 Å². The van der Waals surface area contributed by atoms with E-state index in [0.717, 1.165) is 16.7 Å². The average molecular weight is 429 g/mol. The van der Waals surface area contributed by atoms with E-state index in [-0.39, 0.29) is 24.4 Å². The molecule has 4 rings (SSSR count). The van der Waals surface area contributed by atoms with Crippen molar-refractivity contribution in [2.24, 2.45) is 0 Å². The molecule has 0 saturated carbocycles. The van der Waals surface area contributed by atoms with Crippen LogP contribution in [-0.4, -0.2) is 41.8 Å². The summed E-state index contributed by atoms with van der Waals surface area (Å²) in [5.74, 6) is 0.621. The van der Waals surface area contributed by atoms with Gasteiger partial charge in [0.2, 0.25) is 5.91 Å². The van der Waals surface area contributed by atoms with E-state index in [1.54, 1.807) is 16.9 Å². The molecule has 2 amide bonds. The van der Waals surface area contributed by atoms with Crippen molar-refractivity contribution >= 4 is 11.8 Å². The molecule has 0 N–H and O–H groups in total. The lowest BCUT2D eigenvalue weighted by molar-refractivity contribution is -0.158. The number of benzene rings is 3. The first-order valence-corrected chi connectivity index (χ1v) is 10.9. The van der Waals surface area contributed by atoms with E-state index in [1.165, 1.54) is 0 Å². The van der Waals surface area contributed by atoms with Crippen LogP contribution in [0.25, 0.3) is 0 Å². The molecule has 32 heavy (non-hydrogen) atoms. The van der Waals surface area contributed by atoms with Crippen molar-refractivity contribution < 1.29 is 14.3 Å². The summed E-state index contributed by atoms with van der Waals surface area (Å²) in [4.78, 5) is 30.5. The maximum absolute atomic E-state index is 13.7. The SMILES string of the molecule is COc1ccc(C2C(=O)N(CCc3ccccc3)CC(=O)N2C(C)c2ccccc2)cc1. The van der Waals surface area contributed by atoms with Crippen LogP contribution < -0.4 is 4.74 Å². The Hall–Kier alpha value is -3.60. The normalized spacial score (nSPS) is 17.4. The molecule has 1 fully saturated rings. The standard InChI is InChI=1S/C27H28N2O3/c1-20(22-11-7-4-8-12-22)29-25(30)19-28(18-17-21-9-5-3-6-10-21)27(31)26(29)23-13-15-24(32-2)16-14-23/h3-16,20,26H,17-19H2,1-2H3. The molecule has 1 aliphatic heterocycles. The lowest BCUT2D eigenvalue weighted by atomic mass is 9.96. The van der Waals surface area contributed by atoms with Gasteiger partial charge >= 0.3 is 0 Å². The van der Waals surface area contributed by atoms with Gasteiger partial charge in [-0.2, -0.15) is 0 Å². The molecule has 164 valence electrons. The van der Waals surface area contributed by atoms with Gasteiger partial charge in [0.1, 0.15) is 11.8 Å². The smallest absolute Gasteiger partial charge is 0.250 e. The number of ether oxygens (including phenoxy) is 1. The summed E-state index contributed by atoms with van der Waals surface area (Å²) in [6, 6.07) is 26.4. The van der Waals surface area contributed by atoms with Gasteiger partial charge in [0.05, 0.1) is 19.7 Å². The van der Waals surface area contributed by atoms with E-state index in [4.69, 9.17) is 4.74 Å². The van der Waals surface area contributed by atoms with Crippen molar-refractivity contribution in [3.05, 3.63) is 102 Å². The largest absolute Gasteiger partial charge is 0.497 e. The summed E-state index contributed by atoms with van der Waals surface area (Å²) in [6.07, 6.45) is 0.712. The molecule has 0 bridgehead atoms. The highest BCUT2D eigenvalue weighted by molar-refractivity contribution is 5.96. The van der Waals surface area contributed by atoms with E-state index in [0.29, 0.717) is 18.7 Å². The molecule has 2 atom stereocenters. The van der Waals surface area contributed by atoms with Gasteiger partial charge in [-0.25, -0.2) is 0 Å². The minimum absolute atomic E-state index is 0.0465. The number of methoxy groups -OCH3 is 1. The zero-order valence-corrected chi connectivity index (χ0v) is 18.5. The summed E-state index contributed by atoms with van der Waals surface area (Å²) in [5.41, 5.74) is 2.94. The quantitative estimate of drug-likeness (QED) is 0.560. The van der Waals surface area contributed by atoms with Crippen LogP contribution in [0.15, 0.2) is 84.9 Å². The number of carbonyl (C=O) groups is 2. The Kier molecular flexibility index (Phi) is 6.55. The van der Waals surface area contributed by atoms with Gasteiger partial charge in [-0.3, -0.25) is 9.59 Å². The van der Waals surface area contributed by atoms with Crippen LogP contribution in [0, 0.1) is 0 Å². The van der Waals surface area contributed by atoms with Crippen LogP contribution in [-0.2, 0) is 16.0 Å². The number of rotatable bonds is 7. The fourth-order valence-electron chi connectivity index (χ4n) is 4.28. The summed E-state index contributed by atoms with van der Waals surface area (Å²) in [7, 11) is 1.61. The number of nitrogens with zero attached hydrogens (tertiary/aromatic N) is 2. The topological polar surface area (TPSA) is 49.9 Å². The zero-order valence-electron chi connectivity index (χ0n) is 18.5. The van der Waals surface area contributed by atoms with Crippen LogP contribution in [0.3, 0.4) is 0 Å². The van der Waals surface area contributed by atoms with E-state index in [1.807, 2.05) is 91.9 Å². The molecule has 5 nitrogen and oxygen atoms in total. The minimum atomic E-state index is -0.673. The number of piperazine rings is 1. The molecule has 3 aromatic rings. The third kappa shape index (κ3) is 4.52. The predicted molar refractivity (Wildman–Crippen MR) is 124 cm³/mol. The van der Waals surface area contributed by atoms with E-state index in [2.05, 4.69) is 0 Å². The maximum Gasteiger partial charge on any atom is 0.250 e. The molecule has 1 heterocycles. The highest BCUT2D eigenvalue weighted by Crippen LogP contribution is 2.35. The summed E-state index contributed by atoms with van der Waals surface area (Å²) >= 11 is 0. The third-order valence-corrected chi connectivity index (χ3v) is 6.08. The summed E-state index contributed by atoms with van der Waals surface area (Å²) in [6.45, 7) is 2.58. The number of hydrogen-bond acceptors (Lipinski definition) is 3. The van der Waals surface area contributed by atoms with Crippen molar-refractivity contribution in [1.29, 1.82) is 0 Å². The van der Waals surface area contributed by atoms with E-state index in [9.17, 15) is 9.59 Å². The van der Waals surface area contributed by atoms with Gasteiger partial charge in [-0.05, 0) is 42.2 Å². The van der Waals surface area contributed by atoms with Crippen LogP contribution in [0.5, 0.6) is 5.75 Å². The first-order valence-electron chi connectivity index (χ1n) is 10.9. The van der Waals surface area contributed by atoms with Gasteiger partial charge in [-0.1, -0.05) is 72.8 Å². The van der Waals surface area contributed by atoms with Gasteiger partial charge in [0.25, 0.3) is 5.91 Å². The molecule has 0 aromatic heterocycles. The van der Waals surface area contributed by atoms with Crippen LogP contribution >= 0.6 is 0 Å². The molecular formula is C27H28N2O3.